The van der Waals surface area contributed by atoms with Gasteiger partial charge in [0.05, 0.1) is 31.3 Å². The predicted molar refractivity (Wildman–Crippen MR) is 137 cm³/mol. The van der Waals surface area contributed by atoms with Crippen molar-refractivity contribution in [2.75, 3.05) is 18.6 Å². The summed E-state index contributed by atoms with van der Waals surface area (Å²) in [6.45, 7) is -0.379. The minimum absolute atomic E-state index is 0.00630. The minimum atomic E-state index is -1.38. The molecule has 37 heavy (non-hydrogen) atoms. The number of hydrogen-bond acceptors (Lipinski definition) is 6. The molecule has 0 bridgehead atoms. The fraction of sp³-hybridized carbons (Fsp3) is 0.148. The molecule has 0 saturated heterocycles. The smallest absolute Gasteiger partial charge is 0.261 e. The van der Waals surface area contributed by atoms with E-state index in [4.69, 9.17) is 9.15 Å². The first-order valence-electron chi connectivity index (χ1n) is 11.3. The lowest BCUT2D eigenvalue weighted by atomic mass is 10.0. The molecule has 0 saturated carbocycles. The van der Waals surface area contributed by atoms with E-state index in [9.17, 15) is 14.4 Å². The summed E-state index contributed by atoms with van der Waals surface area (Å²) in [6.07, 6.45) is 1.47. The first-order chi connectivity index (χ1) is 18.0. The van der Waals surface area contributed by atoms with Gasteiger partial charge in [0.15, 0.2) is 0 Å². The highest BCUT2D eigenvalue weighted by atomic mass is 32.1. The standard InChI is InChI=1S/C27H24FN3O5S/c1-35-19-12-10-18(11-13-19)31(24(32)17-30-26(33)23-9-5-15-37-23)25(21-7-2-3-8-22(21)28)27(34)29-16-20-6-4-14-36-20/h2-15,25H,16-17H2,1H3,(H,29,34)(H,30,33)/t25-/m0/s1. The second-order valence-corrected chi connectivity index (χ2v) is 8.79. The summed E-state index contributed by atoms with van der Waals surface area (Å²) in [5.41, 5.74) is 0.311. The van der Waals surface area contributed by atoms with Crippen LogP contribution in [0.5, 0.6) is 5.75 Å². The molecule has 190 valence electrons. The molecular weight excluding hydrogens is 497 g/mol. The van der Waals surface area contributed by atoms with Crippen molar-refractivity contribution in [1.82, 2.24) is 10.6 Å². The molecule has 0 spiro atoms. The van der Waals surface area contributed by atoms with E-state index < -0.39 is 36.1 Å². The van der Waals surface area contributed by atoms with E-state index >= 15 is 4.39 Å². The molecule has 2 N–H and O–H groups in total. The van der Waals surface area contributed by atoms with E-state index in [0.29, 0.717) is 22.1 Å². The Morgan fingerprint density at radius 1 is 1.00 bits per heavy atom. The molecule has 1 atom stereocenters. The fourth-order valence-corrected chi connectivity index (χ4v) is 4.33. The predicted octanol–water partition coefficient (Wildman–Crippen LogP) is 4.31. The highest BCUT2D eigenvalue weighted by Crippen LogP contribution is 2.31. The van der Waals surface area contributed by atoms with Gasteiger partial charge in [-0.1, -0.05) is 24.3 Å². The molecule has 3 amide bonds. The Labute approximate surface area is 216 Å². The Hall–Kier alpha value is -4.44. The van der Waals surface area contributed by atoms with E-state index in [1.54, 1.807) is 60.0 Å². The number of rotatable bonds is 10. The molecule has 4 aromatic rings. The Kier molecular flexibility index (Phi) is 8.32. The molecule has 4 rings (SSSR count). The van der Waals surface area contributed by atoms with E-state index in [1.807, 2.05) is 0 Å². The van der Waals surface area contributed by atoms with Crippen LogP contribution in [-0.4, -0.2) is 31.4 Å². The molecule has 0 radical (unpaired) electrons. The average molecular weight is 522 g/mol. The molecule has 0 aliphatic rings. The second-order valence-electron chi connectivity index (χ2n) is 7.84. The van der Waals surface area contributed by atoms with E-state index in [2.05, 4.69) is 10.6 Å². The number of nitrogens with zero attached hydrogens (tertiary/aromatic N) is 1. The first kappa shape index (κ1) is 25.6. The number of anilines is 1. The number of ether oxygens (including phenoxy) is 1. The van der Waals surface area contributed by atoms with Gasteiger partial charge in [0.1, 0.15) is 23.4 Å². The van der Waals surface area contributed by atoms with Gasteiger partial charge >= 0.3 is 0 Å². The third-order valence-corrected chi connectivity index (χ3v) is 6.36. The summed E-state index contributed by atoms with van der Waals surface area (Å²) >= 11 is 1.23. The molecule has 0 aliphatic heterocycles. The zero-order valence-corrected chi connectivity index (χ0v) is 20.7. The molecule has 10 heteroatoms. The van der Waals surface area contributed by atoms with E-state index in [1.165, 1.54) is 47.8 Å². The van der Waals surface area contributed by atoms with Gasteiger partial charge in [-0.05, 0) is 53.9 Å². The number of methoxy groups -OCH3 is 1. The number of furan rings is 1. The fourth-order valence-electron chi connectivity index (χ4n) is 3.69. The number of halogens is 1. The lowest BCUT2D eigenvalue weighted by Crippen LogP contribution is -2.47. The Bertz CT molecular complexity index is 1340. The second kappa shape index (κ2) is 12.0. The molecule has 8 nitrogen and oxygen atoms in total. The van der Waals surface area contributed by atoms with Crippen LogP contribution in [0.2, 0.25) is 0 Å². The maximum atomic E-state index is 15.0. The van der Waals surface area contributed by atoms with Crippen molar-refractivity contribution < 1.29 is 27.9 Å². The van der Waals surface area contributed by atoms with Gasteiger partial charge in [-0.2, -0.15) is 0 Å². The van der Waals surface area contributed by atoms with Crippen molar-refractivity contribution in [1.29, 1.82) is 0 Å². The van der Waals surface area contributed by atoms with Crippen molar-refractivity contribution >= 4 is 34.7 Å². The van der Waals surface area contributed by atoms with Crippen molar-refractivity contribution in [3.63, 3.8) is 0 Å². The number of hydrogen-bond donors (Lipinski definition) is 2. The average Bonchev–Trinajstić information content (AvgIpc) is 3.64. The largest absolute Gasteiger partial charge is 0.497 e. The van der Waals surface area contributed by atoms with Crippen molar-refractivity contribution in [3.8, 4) is 5.75 Å². The van der Waals surface area contributed by atoms with Crippen molar-refractivity contribution in [3.05, 3.63) is 106 Å². The molecule has 2 aromatic heterocycles. The third kappa shape index (κ3) is 6.22. The van der Waals surface area contributed by atoms with Gasteiger partial charge in [0.2, 0.25) is 11.8 Å². The van der Waals surface area contributed by atoms with Crippen LogP contribution in [0.25, 0.3) is 0 Å². The number of benzene rings is 2. The lowest BCUT2D eigenvalue weighted by Gasteiger charge is -2.32. The van der Waals surface area contributed by atoms with Crippen LogP contribution < -0.4 is 20.3 Å². The van der Waals surface area contributed by atoms with Gasteiger partial charge in [0, 0.05) is 11.3 Å². The number of carbonyl (C=O) groups is 3. The number of nitrogens with one attached hydrogen (secondary N) is 2. The summed E-state index contributed by atoms with van der Waals surface area (Å²) in [5, 5.41) is 7.06. The maximum absolute atomic E-state index is 15.0. The molecule has 0 unspecified atom stereocenters. The number of amides is 3. The quantitative estimate of drug-likeness (QED) is 0.324. The minimum Gasteiger partial charge on any atom is -0.497 e. The monoisotopic (exact) mass is 521 g/mol. The van der Waals surface area contributed by atoms with Gasteiger partial charge in [0.25, 0.3) is 5.91 Å². The number of carbonyl (C=O) groups excluding carboxylic acids is 3. The highest BCUT2D eigenvalue weighted by molar-refractivity contribution is 7.12. The highest BCUT2D eigenvalue weighted by Gasteiger charge is 2.34. The van der Waals surface area contributed by atoms with Crippen molar-refractivity contribution in [2.45, 2.75) is 12.6 Å². The van der Waals surface area contributed by atoms with Crippen LogP contribution in [-0.2, 0) is 16.1 Å². The van der Waals surface area contributed by atoms with Gasteiger partial charge in [-0.15, -0.1) is 11.3 Å². The van der Waals surface area contributed by atoms with E-state index in [0.717, 1.165) is 0 Å². The molecule has 2 heterocycles. The van der Waals surface area contributed by atoms with Crippen LogP contribution in [0.1, 0.15) is 27.0 Å². The van der Waals surface area contributed by atoms with Crippen molar-refractivity contribution in [2.24, 2.45) is 0 Å². The van der Waals surface area contributed by atoms with Crippen LogP contribution in [0.4, 0.5) is 10.1 Å². The van der Waals surface area contributed by atoms with Gasteiger partial charge in [-0.25, -0.2) is 4.39 Å². The summed E-state index contributed by atoms with van der Waals surface area (Å²) in [5.74, 6) is -1.30. The SMILES string of the molecule is COc1ccc(N(C(=O)CNC(=O)c2cccs2)[C@H](C(=O)NCc2ccco2)c2ccccc2F)cc1. The molecule has 0 aliphatic carbocycles. The zero-order valence-electron chi connectivity index (χ0n) is 19.8. The van der Waals surface area contributed by atoms with Crippen LogP contribution in [0.3, 0.4) is 0 Å². The molecule has 0 fully saturated rings. The third-order valence-electron chi connectivity index (χ3n) is 5.49. The Balaban J connectivity index is 1.69. The van der Waals surface area contributed by atoms with Crippen LogP contribution >= 0.6 is 11.3 Å². The molecular formula is C27H24FN3O5S. The first-order valence-corrected chi connectivity index (χ1v) is 12.2. The Morgan fingerprint density at radius 3 is 2.43 bits per heavy atom. The van der Waals surface area contributed by atoms with Crippen LogP contribution in [0, 0.1) is 5.82 Å². The van der Waals surface area contributed by atoms with Gasteiger partial charge in [-0.3, -0.25) is 19.3 Å². The summed E-state index contributed by atoms with van der Waals surface area (Å²) < 4.78 is 25.5. The van der Waals surface area contributed by atoms with Crippen LogP contribution in [0.15, 0.2) is 88.9 Å². The van der Waals surface area contributed by atoms with Gasteiger partial charge < -0.3 is 19.8 Å². The maximum Gasteiger partial charge on any atom is 0.261 e. The number of thiophene rings is 1. The summed E-state index contributed by atoms with van der Waals surface area (Å²) in [6, 6.07) is 17.5. The topological polar surface area (TPSA) is 101 Å². The molecule has 2 aromatic carbocycles. The zero-order chi connectivity index (χ0) is 26.2. The summed E-state index contributed by atoms with van der Waals surface area (Å²) in [4.78, 5) is 41.2. The lowest BCUT2D eigenvalue weighted by molar-refractivity contribution is -0.126. The normalized spacial score (nSPS) is 11.4. The Morgan fingerprint density at radius 2 is 1.78 bits per heavy atom. The van der Waals surface area contributed by atoms with E-state index in [-0.39, 0.29) is 12.1 Å². The summed E-state index contributed by atoms with van der Waals surface area (Å²) in [7, 11) is 1.50.